The number of β-amino-alcohol motifs (C(OH)–C–C–N with tert-alkyl or cyclic N) is 1. The summed E-state index contributed by atoms with van der Waals surface area (Å²) in [5, 5.41) is 9.09. The molecule has 2 aromatic carbocycles. The van der Waals surface area contributed by atoms with Crippen molar-refractivity contribution < 1.29 is 5.11 Å². The molecular weight excluding hydrogens is 368 g/mol. The topological polar surface area (TPSA) is 26.7 Å². The number of benzene rings is 2. The lowest BCUT2D eigenvalue weighted by Crippen LogP contribution is -2.35. The van der Waals surface area contributed by atoms with Crippen LogP contribution in [0, 0.1) is 11.8 Å². The molecule has 4 rings (SSSR count). The molecule has 0 amide bonds. The van der Waals surface area contributed by atoms with E-state index in [2.05, 4.69) is 64.4 Å². The molecule has 2 heterocycles. The van der Waals surface area contributed by atoms with Gasteiger partial charge in [0.1, 0.15) is 0 Å². The number of anilines is 1. The molecule has 162 valence electrons. The Morgan fingerprint density at radius 1 is 0.733 bits per heavy atom. The molecule has 2 aromatic rings. The number of aliphatic hydroxyl groups is 1. The maximum atomic E-state index is 9.09. The van der Waals surface area contributed by atoms with Crippen LogP contribution in [0.2, 0.25) is 0 Å². The van der Waals surface area contributed by atoms with E-state index in [9.17, 15) is 0 Å². The van der Waals surface area contributed by atoms with E-state index in [0.29, 0.717) is 6.61 Å². The molecule has 0 bridgehead atoms. The van der Waals surface area contributed by atoms with Gasteiger partial charge in [0.2, 0.25) is 0 Å². The number of hydrogen-bond donors (Lipinski definition) is 1. The Bertz CT molecular complexity index is 746. The lowest BCUT2D eigenvalue weighted by atomic mass is 9.86. The van der Waals surface area contributed by atoms with Gasteiger partial charge in [-0.2, -0.15) is 0 Å². The predicted octanol–water partition coefficient (Wildman–Crippen LogP) is 5.44. The van der Waals surface area contributed by atoms with E-state index in [1.54, 1.807) is 0 Å². The zero-order valence-electron chi connectivity index (χ0n) is 18.4. The highest BCUT2D eigenvalue weighted by Gasteiger charge is 2.22. The molecule has 2 fully saturated rings. The van der Waals surface area contributed by atoms with Crippen molar-refractivity contribution >= 4 is 5.69 Å². The van der Waals surface area contributed by atoms with Crippen LogP contribution in [-0.2, 0) is 0 Å². The van der Waals surface area contributed by atoms with Crippen molar-refractivity contribution in [2.24, 2.45) is 11.8 Å². The first-order valence-electron chi connectivity index (χ1n) is 12.1. The van der Waals surface area contributed by atoms with Gasteiger partial charge in [-0.3, -0.25) is 0 Å². The molecule has 0 atom stereocenters. The number of nitrogens with zero attached hydrogens (tertiary/aromatic N) is 2. The third kappa shape index (κ3) is 5.65. The Hall–Kier alpha value is -1.84. The van der Waals surface area contributed by atoms with Gasteiger partial charge in [0, 0.05) is 30.9 Å². The summed E-state index contributed by atoms with van der Waals surface area (Å²) in [7, 11) is 0. The SMILES string of the molecule is OCCN1CCC(CCCC2CCN(c3ccccc3-c3ccccc3)CC2)CC1. The van der Waals surface area contributed by atoms with Crippen LogP contribution in [0.25, 0.3) is 11.1 Å². The standard InChI is InChI=1S/C27H38N2O/c30-22-21-28-17-13-23(14-18-28)7-6-8-24-15-19-29(20-16-24)27-12-5-4-11-26(27)25-9-2-1-3-10-25/h1-5,9-12,23-24,30H,6-8,13-22H2. The highest BCUT2D eigenvalue weighted by atomic mass is 16.3. The smallest absolute Gasteiger partial charge is 0.0558 e. The van der Waals surface area contributed by atoms with Crippen LogP contribution in [0.4, 0.5) is 5.69 Å². The number of rotatable bonds is 8. The molecular formula is C27H38N2O. The number of hydrogen-bond acceptors (Lipinski definition) is 3. The molecule has 0 saturated carbocycles. The van der Waals surface area contributed by atoms with E-state index >= 15 is 0 Å². The Balaban J connectivity index is 1.22. The number of para-hydroxylation sites is 1. The Kier molecular flexibility index (Phi) is 7.82. The summed E-state index contributed by atoms with van der Waals surface area (Å²) < 4.78 is 0. The molecule has 0 spiro atoms. The summed E-state index contributed by atoms with van der Waals surface area (Å²) in [6.07, 6.45) is 9.53. The minimum absolute atomic E-state index is 0.305. The predicted molar refractivity (Wildman–Crippen MR) is 127 cm³/mol. The fraction of sp³-hybridized carbons (Fsp3) is 0.556. The second kappa shape index (κ2) is 11.0. The Morgan fingerprint density at radius 3 is 2.00 bits per heavy atom. The van der Waals surface area contributed by atoms with Crippen molar-refractivity contribution in [2.45, 2.75) is 44.9 Å². The monoisotopic (exact) mass is 406 g/mol. The van der Waals surface area contributed by atoms with Crippen molar-refractivity contribution in [3.63, 3.8) is 0 Å². The van der Waals surface area contributed by atoms with E-state index in [4.69, 9.17) is 5.11 Å². The average Bonchev–Trinajstić information content (AvgIpc) is 2.81. The molecule has 2 aliphatic rings. The first kappa shape index (κ1) is 21.4. The molecule has 0 unspecified atom stereocenters. The van der Waals surface area contributed by atoms with Crippen molar-refractivity contribution in [1.82, 2.24) is 4.90 Å². The van der Waals surface area contributed by atoms with Crippen LogP contribution in [0.3, 0.4) is 0 Å². The van der Waals surface area contributed by atoms with Gasteiger partial charge in [0.15, 0.2) is 0 Å². The van der Waals surface area contributed by atoms with E-state index in [-0.39, 0.29) is 0 Å². The van der Waals surface area contributed by atoms with Crippen LogP contribution in [0.1, 0.15) is 44.9 Å². The van der Waals surface area contributed by atoms with Crippen LogP contribution in [-0.4, -0.2) is 49.3 Å². The molecule has 2 saturated heterocycles. The van der Waals surface area contributed by atoms with Gasteiger partial charge in [-0.15, -0.1) is 0 Å². The highest BCUT2D eigenvalue weighted by Crippen LogP contribution is 2.34. The maximum Gasteiger partial charge on any atom is 0.0558 e. The van der Waals surface area contributed by atoms with Gasteiger partial charge < -0.3 is 14.9 Å². The lowest BCUT2D eigenvalue weighted by molar-refractivity contribution is 0.142. The van der Waals surface area contributed by atoms with Crippen molar-refractivity contribution in [1.29, 1.82) is 0 Å². The van der Waals surface area contributed by atoms with Crippen molar-refractivity contribution in [2.75, 3.05) is 44.2 Å². The highest BCUT2D eigenvalue weighted by molar-refractivity contribution is 5.78. The first-order chi connectivity index (χ1) is 14.8. The molecule has 0 aliphatic carbocycles. The van der Waals surface area contributed by atoms with Gasteiger partial charge in [-0.25, -0.2) is 0 Å². The second-order valence-corrected chi connectivity index (χ2v) is 9.25. The van der Waals surface area contributed by atoms with Gasteiger partial charge in [0.25, 0.3) is 0 Å². The molecule has 1 N–H and O–H groups in total. The second-order valence-electron chi connectivity index (χ2n) is 9.25. The van der Waals surface area contributed by atoms with E-state index in [1.165, 1.54) is 87.9 Å². The lowest BCUT2D eigenvalue weighted by Gasteiger charge is -2.35. The van der Waals surface area contributed by atoms with Gasteiger partial charge in [-0.05, 0) is 62.2 Å². The summed E-state index contributed by atoms with van der Waals surface area (Å²) in [6, 6.07) is 19.7. The zero-order valence-corrected chi connectivity index (χ0v) is 18.4. The summed E-state index contributed by atoms with van der Waals surface area (Å²) in [6.45, 7) is 5.91. The number of likely N-dealkylation sites (tertiary alicyclic amines) is 1. The van der Waals surface area contributed by atoms with Gasteiger partial charge in [-0.1, -0.05) is 67.8 Å². The fourth-order valence-electron chi connectivity index (χ4n) is 5.41. The molecule has 30 heavy (non-hydrogen) atoms. The van der Waals surface area contributed by atoms with Crippen LogP contribution in [0.15, 0.2) is 54.6 Å². The maximum absolute atomic E-state index is 9.09. The van der Waals surface area contributed by atoms with Crippen LogP contribution in [0.5, 0.6) is 0 Å². The number of aliphatic hydroxyl groups excluding tert-OH is 1. The summed E-state index contributed by atoms with van der Waals surface area (Å²) in [5.41, 5.74) is 4.08. The van der Waals surface area contributed by atoms with Gasteiger partial charge in [0.05, 0.1) is 6.61 Å². The first-order valence-corrected chi connectivity index (χ1v) is 12.1. The third-order valence-electron chi connectivity index (χ3n) is 7.29. The quantitative estimate of drug-likeness (QED) is 0.632. The molecule has 3 heteroatoms. The Labute approximate surface area is 182 Å². The molecule has 0 radical (unpaired) electrons. The van der Waals surface area contributed by atoms with E-state index in [1.807, 2.05) is 0 Å². The van der Waals surface area contributed by atoms with Gasteiger partial charge >= 0.3 is 0 Å². The minimum atomic E-state index is 0.305. The molecule has 0 aromatic heterocycles. The third-order valence-corrected chi connectivity index (χ3v) is 7.29. The molecule has 3 nitrogen and oxygen atoms in total. The van der Waals surface area contributed by atoms with Crippen LogP contribution < -0.4 is 4.90 Å². The van der Waals surface area contributed by atoms with E-state index in [0.717, 1.165) is 18.4 Å². The summed E-state index contributed by atoms with van der Waals surface area (Å²) in [5.74, 6) is 1.82. The number of piperidine rings is 2. The van der Waals surface area contributed by atoms with Crippen molar-refractivity contribution in [3.8, 4) is 11.1 Å². The van der Waals surface area contributed by atoms with Crippen molar-refractivity contribution in [3.05, 3.63) is 54.6 Å². The zero-order chi connectivity index (χ0) is 20.6. The minimum Gasteiger partial charge on any atom is -0.395 e. The van der Waals surface area contributed by atoms with E-state index < -0.39 is 0 Å². The molecule has 2 aliphatic heterocycles. The summed E-state index contributed by atoms with van der Waals surface area (Å²) in [4.78, 5) is 5.02. The largest absolute Gasteiger partial charge is 0.395 e. The van der Waals surface area contributed by atoms with Crippen LogP contribution >= 0.6 is 0 Å². The summed E-state index contributed by atoms with van der Waals surface area (Å²) >= 11 is 0. The average molecular weight is 407 g/mol. The Morgan fingerprint density at radius 2 is 1.33 bits per heavy atom. The fourth-order valence-corrected chi connectivity index (χ4v) is 5.41. The normalized spacial score (nSPS) is 19.3.